The van der Waals surface area contributed by atoms with Crippen LogP contribution in [0, 0.1) is 5.92 Å². The summed E-state index contributed by atoms with van der Waals surface area (Å²) in [5.41, 5.74) is 1.16. The van der Waals surface area contributed by atoms with Gasteiger partial charge in [0.15, 0.2) is 11.0 Å². The minimum absolute atomic E-state index is 0.222. The third kappa shape index (κ3) is 3.57. The summed E-state index contributed by atoms with van der Waals surface area (Å²) in [7, 11) is 0. The van der Waals surface area contributed by atoms with Crippen LogP contribution >= 0.6 is 23.2 Å². The van der Waals surface area contributed by atoms with E-state index in [1.165, 1.54) is 0 Å². The Kier molecular flexibility index (Phi) is 4.60. The number of hydrogen-bond donors (Lipinski definition) is 1. The molecular formula is C16H16Cl2N2O2. The number of carbonyl (C=O) groups is 1. The maximum Gasteiger partial charge on any atom is 0.287 e. The summed E-state index contributed by atoms with van der Waals surface area (Å²) in [6.45, 7) is 2.52. The van der Waals surface area contributed by atoms with E-state index in [0.29, 0.717) is 12.5 Å². The number of rotatable bonds is 4. The summed E-state index contributed by atoms with van der Waals surface area (Å²) in [4.78, 5) is 14.2. The fraction of sp³-hybridized carbons (Fsp3) is 0.312. The molecule has 0 saturated carbocycles. The van der Waals surface area contributed by atoms with Crippen molar-refractivity contribution in [2.45, 2.75) is 6.42 Å². The number of furan rings is 1. The fourth-order valence-corrected chi connectivity index (χ4v) is 2.92. The second-order valence-electron chi connectivity index (χ2n) is 5.39. The van der Waals surface area contributed by atoms with Crippen molar-refractivity contribution < 1.29 is 9.21 Å². The molecule has 4 nitrogen and oxygen atoms in total. The van der Waals surface area contributed by atoms with Crippen LogP contribution in [0.2, 0.25) is 10.2 Å². The van der Waals surface area contributed by atoms with E-state index in [2.05, 4.69) is 10.2 Å². The van der Waals surface area contributed by atoms with E-state index >= 15 is 0 Å². The number of benzene rings is 1. The van der Waals surface area contributed by atoms with Crippen LogP contribution in [0.25, 0.3) is 0 Å². The topological polar surface area (TPSA) is 45.5 Å². The second-order valence-corrected chi connectivity index (χ2v) is 6.20. The van der Waals surface area contributed by atoms with Crippen LogP contribution in [0.4, 0.5) is 5.69 Å². The molecule has 1 aliphatic heterocycles. The zero-order valence-electron chi connectivity index (χ0n) is 11.9. The number of nitrogens with one attached hydrogen (secondary N) is 1. The largest absolute Gasteiger partial charge is 0.440 e. The van der Waals surface area contributed by atoms with Crippen LogP contribution in [0.15, 0.2) is 40.8 Å². The lowest BCUT2D eigenvalue weighted by molar-refractivity contribution is 0.0920. The SMILES string of the molecule is O=C(NCC1CCN(c2ccc(Cl)cc2)C1)c1ccc(Cl)o1. The third-order valence-corrected chi connectivity index (χ3v) is 4.28. The third-order valence-electron chi connectivity index (χ3n) is 3.83. The van der Waals surface area contributed by atoms with Crippen molar-refractivity contribution in [3.63, 3.8) is 0 Å². The van der Waals surface area contributed by atoms with Gasteiger partial charge in [-0.3, -0.25) is 4.79 Å². The second kappa shape index (κ2) is 6.63. The summed E-state index contributed by atoms with van der Waals surface area (Å²) in [5, 5.41) is 3.86. The summed E-state index contributed by atoms with van der Waals surface area (Å²) < 4.78 is 5.09. The van der Waals surface area contributed by atoms with E-state index in [4.69, 9.17) is 27.6 Å². The maximum atomic E-state index is 11.9. The average molecular weight is 339 g/mol. The number of amides is 1. The Bertz CT molecular complexity index is 654. The van der Waals surface area contributed by atoms with Crippen LogP contribution in [-0.4, -0.2) is 25.5 Å². The highest BCUT2D eigenvalue weighted by atomic mass is 35.5. The average Bonchev–Trinajstić information content (AvgIpc) is 3.15. The van der Waals surface area contributed by atoms with Crippen molar-refractivity contribution in [1.82, 2.24) is 5.32 Å². The highest BCUT2D eigenvalue weighted by molar-refractivity contribution is 6.30. The molecule has 1 amide bonds. The van der Waals surface area contributed by atoms with Crippen LogP contribution in [0.5, 0.6) is 0 Å². The standard InChI is InChI=1S/C16H16Cl2N2O2/c17-12-1-3-13(4-2-12)20-8-7-11(10-20)9-19-16(21)14-5-6-15(18)22-14/h1-6,11H,7-10H2,(H,19,21). The predicted molar refractivity (Wildman–Crippen MR) is 87.8 cm³/mol. The van der Waals surface area contributed by atoms with E-state index in [1.807, 2.05) is 24.3 Å². The number of anilines is 1. The first-order valence-electron chi connectivity index (χ1n) is 7.16. The summed E-state index contributed by atoms with van der Waals surface area (Å²) >= 11 is 11.6. The zero-order valence-corrected chi connectivity index (χ0v) is 13.4. The van der Waals surface area contributed by atoms with Crippen molar-refractivity contribution in [1.29, 1.82) is 0 Å². The van der Waals surface area contributed by atoms with E-state index in [0.717, 1.165) is 30.2 Å². The molecule has 0 bridgehead atoms. The molecule has 1 aromatic heterocycles. The Morgan fingerprint density at radius 1 is 1.23 bits per heavy atom. The lowest BCUT2D eigenvalue weighted by atomic mass is 10.1. The quantitative estimate of drug-likeness (QED) is 0.920. The smallest absolute Gasteiger partial charge is 0.287 e. The molecule has 6 heteroatoms. The molecule has 2 heterocycles. The molecule has 116 valence electrons. The Morgan fingerprint density at radius 2 is 2.00 bits per heavy atom. The minimum atomic E-state index is -0.225. The van der Waals surface area contributed by atoms with Gasteiger partial charge in [-0.15, -0.1) is 0 Å². The molecule has 1 saturated heterocycles. The van der Waals surface area contributed by atoms with E-state index in [9.17, 15) is 4.79 Å². The molecule has 3 rings (SSSR count). The van der Waals surface area contributed by atoms with E-state index < -0.39 is 0 Å². The fourth-order valence-electron chi connectivity index (χ4n) is 2.65. The van der Waals surface area contributed by atoms with Gasteiger partial charge in [-0.2, -0.15) is 0 Å². The van der Waals surface area contributed by atoms with Gasteiger partial charge in [-0.05, 0) is 60.3 Å². The highest BCUT2D eigenvalue weighted by Crippen LogP contribution is 2.25. The Labute approximate surface area is 139 Å². The van der Waals surface area contributed by atoms with Crippen molar-refractivity contribution in [3.05, 3.63) is 52.4 Å². The van der Waals surface area contributed by atoms with E-state index in [1.54, 1.807) is 12.1 Å². The van der Waals surface area contributed by atoms with Gasteiger partial charge in [0.1, 0.15) is 0 Å². The molecule has 0 radical (unpaired) electrons. The molecule has 1 aliphatic rings. The Balaban J connectivity index is 1.51. The van der Waals surface area contributed by atoms with Crippen molar-refractivity contribution in [2.24, 2.45) is 5.92 Å². The normalized spacial score (nSPS) is 17.7. The predicted octanol–water partition coefficient (Wildman–Crippen LogP) is 3.84. The first-order valence-corrected chi connectivity index (χ1v) is 7.91. The molecule has 1 N–H and O–H groups in total. The zero-order chi connectivity index (χ0) is 15.5. The first-order chi connectivity index (χ1) is 10.6. The summed E-state index contributed by atoms with van der Waals surface area (Å²) in [5.74, 6) is 0.444. The van der Waals surface area contributed by atoms with Gasteiger partial charge in [0.25, 0.3) is 5.91 Å². The van der Waals surface area contributed by atoms with Crippen LogP contribution in [-0.2, 0) is 0 Å². The monoisotopic (exact) mass is 338 g/mol. The maximum absolute atomic E-state index is 11.9. The Hall–Kier alpha value is -1.65. The van der Waals surface area contributed by atoms with Crippen molar-refractivity contribution in [2.75, 3.05) is 24.5 Å². The highest BCUT2D eigenvalue weighted by Gasteiger charge is 2.23. The molecule has 0 spiro atoms. The molecule has 2 aromatic rings. The van der Waals surface area contributed by atoms with Gasteiger partial charge < -0.3 is 14.6 Å². The van der Waals surface area contributed by atoms with Gasteiger partial charge >= 0.3 is 0 Å². The molecule has 1 unspecified atom stereocenters. The number of nitrogens with zero attached hydrogens (tertiary/aromatic N) is 1. The molecule has 1 atom stereocenters. The van der Waals surface area contributed by atoms with Gasteiger partial charge in [0, 0.05) is 30.3 Å². The summed E-state index contributed by atoms with van der Waals surface area (Å²) in [6, 6.07) is 11.0. The van der Waals surface area contributed by atoms with Crippen molar-refractivity contribution >= 4 is 34.8 Å². The summed E-state index contributed by atoms with van der Waals surface area (Å²) in [6.07, 6.45) is 1.04. The number of halogens is 2. The number of carbonyl (C=O) groups excluding carboxylic acids is 1. The van der Waals surface area contributed by atoms with E-state index in [-0.39, 0.29) is 16.9 Å². The molecule has 1 fully saturated rings. The van der Waals surface area contributed by atoms with Gasteiger partial charge in [0.05, 0.1) is 0 Å². The minimum Gasteiger partial charge on any atom is -0.440 e. The lowest BCUT2D eigenvalue weighted by Gasteiger charge is -2.18. The van der Waals surface area contributed by atoms with Crippen LogP contribution in [0.3, 0.4) is 0 Å². The van der Waals surface area contributed by atoms with Crippen molar-refractivity contribution in [3.8, 4) is 0 Å². The van der Waals surface area contributed by atoms with Gasteiger partial charge in [-0.1, -0.05) is 11.6 Å². The Morgan fingerprint density at radius 3 is 2.68 bits per heavy atom. The molecular weight excluding hydrogens is 323 g/mol. The van der Waals surface area contributed by atoms with Gasteiger partial charge in [0.2, 0.25) is 0 Å². The van der Waals surface area contributed by atoms with Gasteiger partial charge in [-0.25, -0.2) is 0 Å². The number of hydrogen-bond acceptors (Lipinski definition) is 3. The van der Waals surface area contributed by atoms with Crippen LogP contribution in [0.1, 0.15) is 17.0 Å². The molecule has 22 heavy (non-hydrogen) atoms. The first kappa shape index (κ1) is 15.3. The van der Waals surface area contributed by atoms with Crippen LogP contribution < -0.4 is 10.2 Å². The molecule has 0 aliphatic carbocycles. The molecule has 1 aromatic carbocycles. The lowest BCUT2D eigenvalue weighted by Crippen LogP contribution is -2.30.